The highest BCUT2D eigenvalue weighted by Crippen LogP contribution is 2.35. The predicted octanol–water partition coefficient (Wildman–Crippen LogP) is 4.46. The van der Waals surface area contributed by atoms with E-state index in [1.54, 1.807) is 23.1 Å². The predicted molar refractivity (Wildman–Crippen MR) is 104 cm³/mol. The normalized spacial score (nSPS) is 20.7. The Hall–Kier alpha value is -1.59. The van der Waals surface area contributed by atoms with Crippen LogP contribution in [0.25, 0.3) is 0 Å². The van der Waals surface area contributed by atoms with E-state index in [-0.39, 0.29) is 11.3 Å². The lowest BCUT2D eigenvalue weighted by atomic mass is 9.88. The fourth-order valence-corrected chi connectivity index (χ4v) is 5.02. The fourth-order valence-electron chi connectivity index (χ4n) is 3.10. The SMILES string of the molecule is Cc1cc(C(=O)Cc2cccc([C@]3(C)CCSC(N)=N3)c2)c(C)s1. The number of hydrogen-bond donors (Lipinski definition) is 1. The van der Waals surface area contributed by atoms with Crippen LogP contribution in [0, 0.1) is 13.8 Å². The minimum atomic E-state index is -0.288. The van der Waals surface area contributed by atoms with Gasteiger partial charge >= 0.3 is 0 Å². The Labute approximate surface area is 151 Å². The van der Waals surface area contributed by atoms with Crippen LogP contribution in [-0.4, -0.2) is 16.7 Å². The number of thioether (sulfide) groups is 1. The molecule has 126 valence electrons. The number of carbonyl (C=O) groups is 1. The van der Waals surface area contributed by atoms with Gasteiger partial charge in [-0.05, 0) is 44.4 Å². The minimum absolute atomic E-state index is 0.182. The molecule has 1 aromatic carbocycles. The zero-order chi connectivity index (χ0) is 17.3. The molecule has 2 N–H and O–H groups in total. The summed E-state index contributed by atoms with van der Waals surface area (Å²) in [4.78, 5) is 19.6. The number of rotatable bonds is 4. The molecule has 24 heavy (non-hydrogen) atoms. The molecule has 3 nitrogen and oxygen atoms in total. The molecule has 2 heterocycles. The van der Waals surface area contributed by atoms with Crippen LogP contribution in [0.1, 0.15) is 44.6 Å². The van der Waals surface area contributed by atoms with Gasteiger partial charge in [0, 0.05) is 27.5 Å². The highest BCUT2D eigenvalue weighted by atomic mass is 32.2. The summed E-state index contributed by atoms with van der Waals surface area (Å²) in [5.41, 5.74) is 8.65. The van der Waals surface area contributed by atoms with E-state index < -0.39 is 0 Å². The van der Waals surface area contributed by atoms with Crippen molar-refractivity contribution in [1.82, 2.24) is 0 Å². The van der Waals surface area contributed by atoms with E-state index in [0.717, 1.165) is 33.7 Å². The van der Waals surface area contributed by atoms with Crippen LogP contribution in [0.3, 0.4) is 0 Å². The number of Topliss-reactive ketones (excluding diaryl/α,β-unsaturated/α-hetero) is 1. The quantitative estimate of drug-likeness (QED) is 0.821. The number of nitrogens with zero attached hydrogens (tertiary/aromatic N) is 1. The maximum atomic E-state index is 12.6. The Morgan fingerprint density at radius 2 is 2.12 bits per heavy atom. The van der Waals surface area contributed by atoms with Crippen LogP contribution in [0.15, 0.2) is 35.3 Å². The largest absolute Gasteiger partial charge is 0.379 e. The van der Waals surface area contributed by atoms with Crippen molar-refractivity contribution in [2.24, 2.45) is 10.7 Å². The van der Waals surface area contributed by atoms with Crippen molar-refractivity contribution in [2.75, 3.05) is 5.75 Å². The van der Waals surface area contributed by atoms with Crippen molar-refractivity contribution in [2.45, 2.75) is 39.2 Å². The van der Waals surface area contributed by atoms with Crippen molar-refractivity contribution in [3.8, 4) is 0 Å². The summed E-state index contributed by atoms with van der Waals surface area (Å²) >= 11 is 3.28. The molecular formula is C19H22N2OS2. The Kier molecular flexibility index (Phi) is 4.83. The van der Waals surface area contributed by atoms with Gasteiger partial charge in [0.1, 0.15) is 0 Å². The van der Waals surface area contributed by atoms with Gasteiger partial charge in [0.2, 0.25) is 0 Å². The lowest BCUT2D eigenvalue weighted by molar-refractivity contribution is 0.0993. The van der Waals surface area contributed by atoms with E-state index in [1.807, 2.05) is 32.0 Å². The van der Waals surface area contributed by atoms with Gasteiger partial charge in [0.25, 0.3) is 0 Å². The number of amidine groups is 1. The van der Waals surface area contributed by atoms with Crippen molar-refractivity contribution < 1.29 is 4.79 Å². The first-order valence-electron chi connectivity index (χ1n) is 8.05. The number of benzene rings is 1. The van der Waals surface area contributed by atoms with E-state index in [4.69, 9.17) is 5.73 Å². The number of nitrogens with two attached hydrogens (primary N) is 1. The Balaban J connectivity index is 1.85. The Bertz CT molecular complexity index is 809. The van der Waals surface area contributed by atoms with Gasteiger partial charge in [0.15, 0.2) is 11.0 Å². The molecule has 0 saturated heterocycles. The summed E-state index contributed by atoms with van der Waals surface area (Å²) < 4.78 is 0. The molecule has 0 fully saturated rings. The molecule has 1 atom stereocenters. The van der Waals surface area contributed by atoms with Crippen molar-refractivity contribution in [1.29, 1.82) is 0 Å². The molecule has 0 unspecified atom stereocenters. The lowest BCUT2D eigenvalue weighted by Crippen LogP contribution is -2.28. The topological polar surface area (TPSA) is 55.5 Å². The molecule has 1 aliphatic rings. The summed E-state index contributed by atoms with van der Waals surface area (Å²) in [7, 11) is 0. The summed E-state index contributed by atoms with van der Waals surface area (Å²) in [5.74, 6) is 1.16. The Morgan fingerprint density at radius 1 is 1.33 bits per heavy atom. The van der Waals surface area contributed by atoms with E-state index >= 15 is 0 Å². The Morgan fingerprint density at radius 3 is 2.79 bits per heavy atom. The molecule has 0 radical (unpaired) electrons. The van der Waals surface area contributed by atoms with Crippen molar-refractivity contribution >= 4 is 34.0 Å². The molecule has 3 rings (SSSR count). The van der Waals surface area contributed by atoms with Gasteiger partial charge in [-0.15, -0.1) is 11.3 Å². The van der Waals surface area contributed by atoms with Gasteiger partial charge in [-0.1, -0.05) is 36.0 Å². The van der Waals surface area contributed by atoms with E-state index in [9.17, 15) is 4.79 Å². The average Bonchev–Trinajstić information content (AvgIpc) is 2.86. The van der Waals surface area contributed by atoms with Crippen molar-refractivity contribution in [3.05, 3.63) is 56.8 Å². The molecule has 0 aliphatic carbocycles. The van der Waals surface area contributed by atoms with E-state index in [1.165, 1.54) is 4.88 Å². The van der Waals surface area contributed by atoms with Crippen LogP contribution in [-0.2, 0) is 12.0 Å². The zero-order valence-electron chi connectivity index (χ0n) is 14.3. The molecule has 0 saturated carbocycles. The van der Waals surface area contributed by atoms with Gasteiger partial charge in [-0.3, -0.25) is 9.79 Å². The number of carbonyl (C=O) groups excluding carboxylic acids is 1. The molecule has 5 heteroatoms. The second-order valence-corrected chi connectivity index (χ2v) is 9.03. The van der Waals surface area contributed by atoms with Crippen LogP contribution in [0.5, 0.6) is 0 Å². The average molecular weight is 359 g/mol. The molecule has 0 spiro atoms. The zero-order valence-corrected chi connectivity index (χ0v) is 15.9. The summed E-state index contributed by atoms with van der Waals surface area (Å²) in [6.45, 7) is 6.17. The third kappa shape index (κ3) is 3.57. The van der Waals surface area contributed by atoms with E-state index in [0.29, 0.717) is 11.6 Å². The van der Waals surface area contributed by atoms with Crippen LogP contribution < -0.4 is 5.73 Å². The monoisotopic (exact) mass is 358 g/mol. The first-order chi connectivity index (χ1) is 11.4. The number of thiophene rings is 1. The minimum Gasteiger partial charge on any atom is -0.379 e. The highest BCUT2D eigenvalue weighted by molar-refractivity contribution is 8.13. The van der Waals surface area contributed by atoms with Gasteiger partial charge in [0.05, 0.1) is 5.54 Å². The summed E-state index contributed by atoms with van der Waals surface area (Å²) in [5, 5.41) is 0.648. The maximum absolute atomic E-state index is 12.6. The third-order valence-electron chi connectivity index (χ3n) is 4.45. The highest BCUT2D eigenvalue weighted by Gasteiger charge is 2.29. The molecule has 0 amide bonds. The second-order valence-electron chi connectivity index (χ2n) is 6.45. The third-order valence-corrected chi connectivity index (χ3v) is 6.21. The molecule has 1 aliphatic heterocycles. The number of aryl methyl sites for hydroxylation is 2. The van der Waals surface area contributed by atoms with Crippen molar-refractivity contribution in [3.63, 3.8) is 0 Å². The van der Waals surface area contributed by atoms with Crippen LogP contribution in [0.2, 0.25) is 0 Å². The van der Waals surface area contributed by atoms with Crippen LogP contribution in [0.4, 0.5) is 0 Å². The van der Waals surface area contributed by atoms with Gasteiger partial charge < -0.3 is 5.73 Å². The standard InChI is InChI=1S/C19H22N2OS2/c1-12-9-16(13(2)24-12)17(22)11-14-5-4-6-15(10-14)19(3)7-8-23-18(20)21-19/h4-6,9-10H,7-8,11H2,1-3H3,(H2,20,21)/t19-/m0/s1. The number of aliphatic imine (C=N–C) groups is 1. The summed E-state index contributed by atoms with van der Waals surface area (Å²) in [6.07, 6.45) is 1.38. The molecular weight excluding hydrogens is 336 g/mol. The second kappa shape index (κ2) is 6.73. The van der Waals surface area contributed by atoms with E-state index in [2.05, 4.69) is 24.0 Å². The number of ketones is 1. The summed E-state index contributed by atoms with van der Waals surface area (Å²) in [6, 6.07) is 10.2. The fraction of sp³-hybridized carbons (Fsp3) is 0.368. The maximum Gasteiger partial charge on any atom is 0.168 e. The number of hydrogen-bond acceptors (Lipinski definition) is 5. The lowest BCUT2D eigenvalue weighted by Gasteiger charge is -2.30. The van der Waals surface area contributed by atoms with Gasteiger partial charge in [-0.25, -0.2) is 0 Å². The molecule has 2 aromatic rings. The molecule has 1 aromatic heterocycles. The van der Waals surface area contributed by atoms with Crippen LogP contribution >= 0.6 is 23.1 Å². The first kappa shape index (κ1) is 17.2. The van der Waals surface area contributed by atoms with Gasteiger partial charge in [-0.2, -0.15) is 0 Å². The molecule has 0 bridgehead atoms. The first-order valence-corrected chi connectivity index (χ1v) is 9.85. The smallest absolute Gasteiger partial charge is 0.168 e.